The molecule has 32 nitrogen and oxygen atoms in total. The topological polar surface area (TPSA) is 442 Å². The van der Waals surface area contributed by atoms with Crippen LogP contribution in [0.2, 0.25) is 0 Å². The van der Waals surface area contributed by atoms with E-state index in [1.807, 2.05) is 24.3 Å². The van der Waals surface area contributed by atoms with E-state index in [0.717, 1.165) is 95.8 Å². The fourth-order valence-electron chi connectivity index (χ4n) is 11.9. The average molecular weight is 1500 g/mol. The number of carboxylic acid groups (broad SMARTS) is 8. The average Bonchev–Trinajstić information content (AvgIpc) is 0.818. The van der Waals surface area contributed by atoms with Gasteiger partial charge < -0.3 is 71.9 Å². The second-order valence-electron chi connectivity index (χ2n) is 24.6. The van der Waals surface area contributed by atoms with Gasteiger partial charge in [-0.2, -0.15) is 15.0 Å². The van der Waals surface area contributed by atoms with Crippen molar-refractivity contribution in [2.45, 2.75) is 147 Å². The van der Waals surface area contributed by atoms with Crippen molar-refractivity contribution in [1.29, 1.82) is 0 Å². The maximum atomic E-state index is 12.4. The monoisotopic (exact) mass is 1500 g/mol. The van der Waals surface area contributed by atoms with E-state index in [1.165, 1.54) is 0 Å². The van der Waals surface area contributed by atoms with Crippen molar-refractivity contribution in [3.63, 3.8) is 0 Å². The van der Waals surface area contributed by atoms with Gasteiger partial charge in [-0.25, -0.2) is 14.4 Å². The number of aliphatic carboxylic acids is 8. The van der Waals surface area contributed by atoms with Crippen LogP contribution in [0.25, 0.3) is 0 Å². The van der Waals surface area contributed by atoms with Crippen LogP contribution in [-0.4, -0.2) is 282 Å². The molecule has 2 aromatic rings. The Morgan fingerprint density at radius 3 is 1.52 bits per heavy atom. The zero-order valence-corrected chi connectivity index (χ0v) is 55.7. The summed E-state index contributed by atoms with van der Waals surface area (Å²) in [5, 5.41) is 86.7. The van der Waals surface area contributed by atoms with Gasteiger partial charge in [0.05, 0.1) is 26.2 Å². The molecule has 12 N–H and O–H groups in total. The molecule has 0 saturated carbocycles. The number of nitrogens with one attached hydrogen (secondary N) is 4. The molecule has 0 bridgehead atoms. The SMILES string of the molecule is O=C(O)CCCC1CCN(c2nc(Nc3ccc(CC4CN(CC(=O)O)CCN(CC(=O)O)CCN(CC(=O)O)CCN4CC(=O)O)cc3)nc(N3CCN(CCCCCCCCCCC(=O)NCCCC[C@H](NC(=O)N[C@@H](CCC(=O)O)C(=O)O)C(=O)O)CC3)n2)CC1.[Lu+3]. The Labute approximate surface area is 582 Å². The molecular formula is C62H98LuN14O18+3. The van der Waals surface area contributed by atoms with Crippen LogP contribution < -0.4 is 31.1 Å². The van der Waals surface area contributed by atoms with Crippen molar-refractivity contribution in [2.24, 2.45) is 5.92 Å². The van der Waals surface area contributed by atoms with Crippen molar-refractivity contribution in [1.82, 2.24) is 55.4 Å². The fraction of sp³-hybridized carbons (Fsp3) is 0.694. The van der Waals surface area contributed by atoms with Crippen LogP contribution in [0.1, 0.15) is 128 Å². The Morgan fingerprint density at radius 2 is 0.968 bits per heavy atom. The van der Waals surface area contributed by atoms with Gasteiger partial charge in [-0.05, 0) is 101 Å². The number of urea groups is 1. The Balaban J connectivity index is 0.0000192. The number of hydrogen-bond acceptors (Lipinski definition) is 21. The van der Waals surface area contributed by atoms with Gasteiger partial charge in [0.2, 0.25) is 23.8 Å². The number of hydrogen-bond donors (Lipinski definition) is 12. The Morgan fingerprint density at radius 1 is 0.474 bits per heavy atom. The molecule has 0 aliphatic carbocycles. The molecule has 0 radical (unpaired) electrons. The van der Waals surface area contributed by atoms with Crippen LogP contribution in [0.5, 0.6) is 0 Å². The van der Waals surface area contributed by atoms with Gasteiger partial charge in [0.15, 0.2) is 0 Å². The van der Waals surface area contributed by atoms with Crippen molar-refractivity contribution >= 4 is 83.2 Å². The molecule has 4 heterocycles. The molecule has 3 atom stereocenters. The van der Waals surface area contributed by atoms with Gasteiger partial charge in [-0.1, -0.05) is 50.7 Å². The maximum absolute atomic E-state index is 12.4. The molecule has 0 spiro atoms. The van der Waals surface area contributed by atoms with Crippen LogP contribution in [0.4, 0.5) is 28.3 Å². The van der Waals surface area contributed by atoms with E-state index < -0.39 is 78.3 Å². The molecule has 1 aromatic heterocycles. The first-order valence-electron chi connectivity index (χ1n) is 32.8. The minimum Gasteiger partial charge on any atom is -0.481 e. The summed E-state index contributed by atoms with van der Waals surface area (Å²) >= 11 is 0. The first-order valence-corrected chi connectivity index (χ1v) is 32.8. The first-order chi connectivity index (χ1) is 45.0. The van der Waals surface area contributed by atoms with E-state index >= 15 is 0 Å². The number of nitrogens with zero attached hydrogens (tertiary/aromatic N) is 10. The number of amides is 3. The predicted octanol–water partition coefficient (Wildman–Crippen LogP) is 2.55. The number of unbranched alkanes of at least 4 members (excludes halogenated alkanes) is 8. The van der Waals surface area contributed by atoms with E-state index in [4.69, 9.17) is 20.1 Å². The summed E-state index contributed by atoms with van der Waals surface area (Å²) in [6.07, 6.45) is 12.2. The molecule has 1 unspecified atom stereocenters. The maximum Gasteiger partial charge on any atom is 3.00 e. The summed E-state index contributed by atoms with van der Waals surface area (Å²) < 4.78 is 0. The van der Waals surface area contributed by atoms with Crippen molar-refractivity contribution in [3.8, 4) is 0 Å². The van der Waals surface area contributed by atoms with Gasteiger partial charge in [0.1, 0.15) is 12.1 Å². The van der Waals surface area contributed by atoms with Crippen LogP contribution in [0.3, 0.4) is 0 Å². The first kappa shape index (κ1) is 80.6. The standard InChI is InChI=1S/C62H98N14O18.Lu/c77-50(63-24-9-8-13-48(57(90)91)65-62(94)66-49(58(92)93)20-21-52(80)81)14-7-5-3-1-2-4-6-10-25-70-32-35-75(36-33-70)61-68-59(67-60(69-61)74-26-22-44(23-27-74)12-11-15-51(78)79)64-46-18-16-45(17-19-46)38-47-39-73(42-55(86)87)31-30-71(40-53(82)83)28-29-72(41-54(84)85)34-37-76(47)43-56(88)89;/h16-19,44,47-49H,1-15,20-43H2,(H,63,77)(H,78,79)(H,80,81)(H,82,83)(H,84,85)(H,86,87)(H,88,89)(H,90,91)(H,92,93)(H2,65,66,94)(H,64,67,68,69);/q;+3/t47?,48-,49-;/m0./s1. The number of rotatable bonds is 41. The van der Waals surface area contributed by atoms with Crippen molar-refractivity contribution < 1.29 is 126 Å². The molecule has 5 rings (SSSR count). The fourth-order valence-corrected chi connectivity index (χ4v) is 11.9. The number of carboxylic acids is 8. The third kappa shape index (κ3) is 33.1. The Kier molecular flexibility index (Phi) is 37.4. The molecule has 3 fully saturated rings. The van der Waals surface area contributed by atoms with Crippen LogP contribution >= 0.6 is 0 Å². The third-order valence-electron chi connectivity index (χ3n) is 17.1. The number of piperidine rings is 1. The number of aromatic nitrogens is 3. The molecular weight excluding hydrogens is 1400 g/mol. The van der Waals surface area contributed by atoms with E-state index in [9.17, 15) is 83.7 Å². The summed E-state index contributed by atoms with van der Waals surface area (Å²) in [7, 11) is 0. The second-order valence-corrected chi connectivity index (χ2v) is 24.6. The minimum absolute atomic E-state index is 0. The number of benzene rings is 1. The summed E-state index contributed by atoms with van der Waals surface area (Å²) in [4.78, 5) is 146. The van der Waals surface area contributed by atoms with Gasteiger partial charge in [-0.3, -0.25) is 58.1 Å². The Bertz CT molecular complexity index is 2760. The molecule has 3 saturated heterocycles. The van der Waals surface area contributed by atoms with Gasteiger partial charge in [0, 0.05) is 123 Å². The summed E-state index contributed by atoms with van der Waals surface area (Å²) in [5.74, 6) is -7.42. The molecule has 3 amide bonds. The van der Waals surface area contributed by atoms with E-state index in [0.29, 0.717) is 94.3 Å². The van der Waals surface area contributed by atoms with E-state index in [-0.39, 0.29) is 134 Å². The number of carbonyl (C=O) groups excluding carboxylic acids is 2. The number of anilines is 4. The van der Waals surface area contributed by atoms with Gasteiger partial charge in [-0.15, -0.1) is 0 Å². The quantitative estimate of drug-likeness (QED) is 0.0426. The van der Waals surface area contributed by atoms with Gasteiger partial charge >= 0.3 is 90.7 Å². The molecule has 95 heavy (non-hydrogen) atoms. The molecule has 1 aromatic carbocycles. The van der Waals surface area contributed by atoms with Crippen molar-refractivity contribution in [3.05, 3.63) is 29.8 Å². The largest absolute Gasteiger partial charge is 3.00 e. The minimum atomic E-state index is -1.50. The molecule has 33 heteroatoms. The molecule has 536 valence electrons. The zero-order chi connectivity index (χ0) is 68.4. The van der Waals surface area contributed by atoms with Crippen LogP contribution in [-0.2, 0) is 49.6 Å². The van der Waals surface area contributed by atoms with Gasteiger partial charge in [0.25, 0.3) is 0 Å². The van der Waals surface area contributed by atoms with Crippen LogP contribution in [0, 0.1) is 42.8 Å². The van der Waals surface area contributed by atoms with E-state index in [2.05, 4.69) is 36.0 Å². The predicted molar refractivity (Wildman–Crippen MR) is 343 cm³/mol. The summed E-state index contributed by atoms with van der Waals surface area (Å²) in [6, 6.07) is 3.14. The van der Waals surface area contributed by atoms with E-state index in [1.54, 1.807) is 19.6 Å². The summed E-state index contributed by atoms with van der Waals surface area (Å²) in [6.45, 7) is 5.57. The number of carbonyl (C=O) groups is 10. The second kappa shape index (κ2) is 44.1. The summed E-state index contributed by atoms with van der Waals surface area (Å²) in [5.41, 5.74) is 1.49. The molecule has 3 aliphatic rings. The zero-order valence-electron chi connectivity index (χ0n) is 54.1. The molecule has 3 aliphatic heterocycles. The van der Waals surface area contributed by atoms with Crippen molar-refractivity contribution in [2.75, 3.05) is 139 Å². The van der Waals surface area contributed by atoms with Crippen LogP contribution in [0.15, 0.2) is 24.3 Å². The number of piperazine rings is 1. The Hall–Kier alpha value is -6.84. The normalized spacial score (nSPS) is 17.4. The smallest absolute Gasteiger partial charge is 0.481 e. The third-order valence-corrected chi connectivity index (χ3v) is 17.1.